The number of benzene rings is 4. The summed E-state index contributed by atoms with van der Waals surface area (Å²) in [7, 11) is -2.34. The molecule has 1 heterocycles. The van der Waals surface area contributed by atoms with Crippen LogP contribution in [0.15, 0.2) is 127 Å². The van der Waals surface area contributed by atoms with Crippen molar-refractivity contribution in [3.63, 3.8) is 0 Å². The van der Waals surface area contributed by atoms with Crippen LogP contribution in [0.1, 0.15) is 68.0 Å². The van der Waals surface area contributed by atoms with Crippen molar-refractivity contribution in [2.24, 2.45) is 0 Å². The van der Waals surface area contributed by atoms with Gasteiger partial charge in [-0.25, -0.2) is 0 Å². The summed E-state index contributed by atoms with van der Waals surface area (Å²) in [6, 6.07) is 45.9. The molecule has 0 aliphatic carbocycles. The molecule has 3 heteroatoms. The predicted octanol–water partition coefficient (Wildman–Crippen LogP) is 7.63. The van der Waals surface area contributed by atoms with Crippen molar-refractivity contribution in [2.75, 3.05) is 5.32 Å². The smallest absolute Gasteiger partial charge is 0.168 e. The maximum Gasteiger partial charge on any atom is 0.168 e. The lowest BCUT2D eigenvalue weighted by Crippen LogP contribution is -2.65. The number of rotatable bonds is 9. The van der Waals surface area contributed by atoms with Gasteiger partial charge in [0.05, 0.1) is 11.7 Å². The fourth-order valence-corrected chi connectivity index (χ4v) is 9.16. The summed E-state index contributed by atoms with van der Waals surface area (Å²) in [5.41, 5.74) is 6.18. The molecule has 0 saturated heterocycles. The molecule has 0 bridgehead atoms. The molecule has 0 amide bonds. The van der Waals surface area contributed by atoms with E-state index in [1.54, 1.807) is 0 Å². The highest BCUT2D eigenvalue weighted by molar-refractivity contribution is 7.10. The maximum absolute atomic E-state index is 5.52. The first-order valence-electron chi connectivity index (χ1n) is 14.4. The first-order valence-corrected chi connectivity index (χ1v) is 16.9. The maximum atomic E-state index is 5.52. The zero-order valence-corrected chi connectivity index (χ0v) is 25.3. The number of pyridine rings is 1. The van der Waals surface area contributed by atoms with Gasteiger partial charge in [0.1, 0.15) is 0 Å². The second-order valence-electron chi connectivity index (χ2n) is 11.4. The molecule has 1 unspecified atom stereocenters. The van der Waals surface area contributed by atoms with Gasteiger partial charge in [0.2, 0.25) is 0 Å². The van der Waals surface area contributed by atoms with Gasteiger partial charge in [-0.05, 0) is 51.0 Å². The van der Waals surface area contributed by atoms with E-state index in [9.17, 15) is 0 Å². The normalized spacial score (nSPS) is 12.5. The SMILES string of the molecule is CC(C)c1cccc(C(C)C)c1NC(c1ccccc1)c1cccc([Si](C)(c2ccccc2)c2ccccc2)n1. The number of hydrogen-bond donors (Lipinski definition) is 1. The Morgan fingerprint density at radius 3 is 1.52 bits per heavy atom. The summed E-state index contributed by atoms with van der Waals surface area (Å²) in [5.74, 6) is 0.813. The van der Waals surface area contributed by atoms with Gasteiger partial charge in [-0.3, -0.25) is 4.98 Å². The highest BCUT2D eigenvalue weighted by atomic mass is 28.3. The van der Waals surface area contributed by atoms with Gasteiger partial charge in [-0.15, -0.1) is 0 Å². The van der Waals surface area contributed by atoms with E-state index >= 15 is 0 Å². The number of anilines is 1. The van der Waals surface area contributed by atoms with E-state index < -0.39 is 8.07 Å². The molecule has 0 aliphatic rings. The Kier molecular flexibility index (Phi) is 8.32. The Labute approximate surface area is 241 Å². The Bertz CT molecular complexity index is 1460. The van der Waals surface area contributed by atoms with E-state index in [-0.39, 0.29) is 6.04 Å². The van der Waals surface area contributed by atoms with Crippen LogP contribution >= 0.6 is 0 Å². The van der Waals surface area contributed by atoms with Crippen LogP contribution in [0, 0.1) is 0 Å². The van der Waals surface area contributed by atoms with Crippen molar-refractivity contribution < 1.29 is 0 Å². The van der Waals surface area contributed by atoms with Crippen LogP contribution in [0.25, 0.3) is 0 Å². The molecule has 0 spiro atoms. The Morgan fingerprint density at radius 1 is 0.550 bits per heavy atom. The molecule has 1 aromatic heterocycles. The van der Waals surface area contributed by atoms with Crippen molar-refractivity contribution in [3.05, 3.63) is 150 Å². The van der Waals surface area contributed by atoms with E-state index in [1.807, 2.05) is 0 Å². The molecule has 5 rings (SSSR count). The quantitative estimate of drug-likeness (QED) is 0.194. The van der Waals surface area contributed by atoms with Crippen molar-refractivity contribution in [1.29, 1.82) is 0 Å². The van der Waals surface area contributed by atoms with Crippen LogP contribution in [0.2, 0.25) is 6.55 Å². The second kappa shape index (κ2) is 12.1. The lowest BCUT2D eigenvalue weighted by Gasteiger charge is -2.30. The lowest BCUT2D eigenvalue weighted by molar-refractivity contribution is 0.815. The summed E-state index contributed by atoms with van der Waals surface area (Å²) < 4.78 is 0. The van der Waals surface area contributed by atoms with E-state index in [4.69, 9.17) is 4.98 Å². The molecular weight excluding hydrogens is 501 g/mol. The summed E-state index contributed by atoms with van der Waals surface area (Å²) in [6.07, 6.45) is 0. The van der Waals surface area contributed by atoms with Gasteiger partial charge in [0.25, 0.3) is 0 Å². The topological polar surface area (TPSA) is 24.9 Å². The highest BCUT2D eigenvalue weighted by Gasteiger charge is 2.36. The van der Waals surface area contributed by atoms with Gasteiger partial charge < -0.3 is 5.32 Å². The van der Waals surface area contributed by atoms with E-state index in [1.165, 1.54) is 38.1 Å². The van der Waals surface area contributed by atoms with E-state index in [0.29, 0.717) is 11.8 Å². The van der Waals surface area contributed by atoms with Crippen LogP contribution in [0.5, 0.6) is 0 Å². The number of aromatic nitrogens is 1. The third-order valence-electron chi connectivity index (χ3n) is 8.08. The van der Waals surface area contributed by atoms with Gasteiger partial charge in [-0.2, -0.15) is 0 Å². The minimum atomic E-state index is -2.34. The highest BCUT2D eigenvalue weighted by Crippen LogP contribution is 2.36. The number of nitrogens with one attached hydrogen (secondary N) is 1. The average molecular weight is 541 g/mol. The fraction of sp³-hybridized carbons (Fsp3) is 0.216. The lowest BCUT2D eigenvalue weighted by atomic mass is 9.91. The molecular formula is C37H40N2Si. The summed E-state index contributed by atoms with van der Waals surface area (Å²) >= 11 is 0. The van der Waals surface area contributed by atoms with E-state index in [0.717, 1.165) is 5.69 Å². The number of para-hydroxylation sites is 1. The minimum absolute atomic E-state index is 0.0802. The van der Waals surface area contributed by atoms with Crippen LogP contribution < -0.4 is 21.0 Å². The van der Waals surface area contributed by atoms with Gasteiger partial charge >= 0.3 is 0 Å². The Balaban J connectivity index is 1.68. The molecule has 0 saturated carbocycles. The summed E-state index contributed by atoms with van der Waals surface area (Å²) in [4.78, 5) is 5.52. The predicted molar refractivity (Wildman–Crippen MR) is 174 cm³/mol. The third-order valence-corrected chi connectivity index (χ3v) is 12.4. The molecule has 0 radical (unpaired) electrons. The molecule has 1 atom stereocenters. The third kappa shape index (κ3) is 5.52. The summed E-state index contributed by atoms with van der Waals surface area (Å²) in [6.45, 7) is 11.5. The molecule has 40 heavy (non-hydrogen) atoms. The molecule has 5 aromatic rings. The molecule has 0 aliphatic heterocycles. The average Bonchev–Trinajstić information content (AvgIpc) is 3.00. The number of nitrogens with zero attached hydrogens (tertiary/aromatic N) is 1. The molecule has 4 aromatic carbocycles. The molecule has 0 fully saturated rings. The molecule has 2 nitrogen and oxygen atoms in total. The molecule has 202 valence electrons. The standard InChI is InChI=1S/C37H40N2Si/c1-27(2)32-23-15-24-33(28(3)4)37(32)39-36(29-17-9-6-10-18-29)34-25-16-26-35(38-34)40(5,30-19-11-7-12-20-30)31-21-13-8-14-22-31/h6-28,36,39H,1-5H3. The van der Waals surface area contributed by atoms with Gasteiger partial charge in [0.15, 0.2) is 8.07 Å². The first kappa shape index (κ1) is 27.6. The van der Waals surface area contributed by atoms with Crippen molar-refractivity contribution in [2.45, 2.75) is 52.1 Å². The fourth-order valence-electron chi connectivity index (χ4n) is 5.73. The van der Waals surface area contributed by atoms with Crippen LogP contribution in [0.3, 0.4) is 0 Å². The van der Waals surface area contributed by atoms with Crippen LogP contribution in [-0.4, -0.2) is 13.1 Å². The zero-order valence-electron chi connectivity index (χ0n) is 24.3. The van der Waals surface area contributed by atoms with E-state index in [2.05, 4.69) is 167 Å². The minimum Gasteiger partial charge on any atom is -0.372 e. The van der Waals surface area contributed by atoms with Crippen LogP contribution in [0.4, 0.5) is 5.69 Å². The van der Waals surface area contributed by atoms with Gasteiger partial charge in [-0.1, -0.05) is 150 Å². The molecule has 1 N–H and O–H groups in total. The van der Waals surface area contributed by atoms with Crippen LogP contribution in [-0.2, 0) is 0 Å². The largest absolute Gasteiger partial charge is 0.372 e. The Hall–Kier alpha value is -3.95. The monoisotopic (exact) mass is 540 g/mol. The first-order chi connectivity index (χ1) is 19.4. The van der Waals surface area contributed by atoms with Crippen molar-refractivity contribution >= 4 is 29.5 Å². The zero-order chi connectivity index (χ0) is 28.1. The van der Waals surface area contributed by atoms with Crippen molar-refractivity contribution in [1.82, 2.24) is 4.98 Å². The summed E-state index contributed by atoms with van der Waals surface area (Å²) in [5, 5.41) is 7.92. The second-order valence-corrected chi connectivity index (χ2v) is 15.3. The number of hydrogen-bond acceptors (Lipinski definition) is 2. The Morgan fingerprint density at radius 2 is 1.02 bits per heavy atom. The van der Waals surface area contributed by atoms with Gasteiger partial charge in [0, 0.05) is 11.0 Å². The van der Waals surface area contributed by atoms with Crippen molar-refractivity contribution in [3.8, 4) is 0 Å².